The van der Waals surface area contributed by atoms with Gasteiger partial charge in [-0.2, -0.15) is 5.10 Å². The van der Waals surface area contributed by atoms with Gasteiger partial charge in [0.15, 0.2) is 5.82 Å². The number of aromatic carboxylic acids is 1. The summed E-state index contributed by atoms with van der Waals surface area (Å²) in [4.78, 5) is 19.5. The summed E-state index contributed by atoms with van der Waals surface area (Å²) in [7, 11) is 0. The topological polar surface area (TPSA) is 80.9 Å². The molecule has 1 N–H and O–H groups in total. The zero-order valence-electron chi connectivity index (χ0n) is 11.3. The van der Waals surface area contributed by atoms with E-state index >= 15 is 0 Å². The SMILES string of the molecule is Cc1nn(-c2ncnc3cc(C(=O)O)ccc23)c(C)c1Br. The molecule has 0 saturated carbocycles. The normalized spacial score (nSPS) is 11.0. The molecule has 0 saturated heterocycles. The molecular weight excluding hydrogens is 336 g/mol. The van der Waals surface area contributed by atoms with Gasteiger partial charge in [-0.15, -0.1) is 0 Å². The first-order valence-electron chi connectivity index (χ1n) is 6.19. The van der Waals surface area contributed by atoms with Crippen molar-refractivity contribution in [3.63, 3.8) is 0 Å². The van der Waals surface area contributed by atoms with Gasteiger partial charge in [0.05, 0.1) is 26.9 Å². The molecule has 0 bridgehead atoms. The number of nitrogens with zero attached hydrogens (tertiary/aromatic N) is 4. The summed E-state index contributed by atoms with van der Waals surface area (Å²) < 4.78 is 2.65. The number of aryl methyl sites for hydroxylation is 1. The molecule has 0 aliphatic carbocycles. The highest BCUT2D eigenvalue weighted by molar-refractivity contribution is 9.10. The number of carboxylic acids is 1. The van der Waals surface area contributed by atoms with Gasteiger partial charge in [0, 0.05) is 5.39 Å². The Labute approximate surface area is 128 Å². The lowest BCUT2D eigenvalue weighted by Crippen LogP contribution is -2.04. The Hall–Kier alpha value is -2.28. The molecule has 21 heavy (non-hydrogen) atoms. The van der Waals surface area contributed by atoms with Crippen molar-refractivity contribution >= 4 is 32.8 Å². The van der Waals surface area contributed by atoms with Crippen LogP contribution >= 0.6 is 15.9 Å². The first-order chi connectivity index (χ1) is 9.99. The monoisotopic (exact) mass is 346 g/mol. The van der Waals surface area contributed by atoms with Crippen molar-refractivity contribution in [2.24, 2.45) is 0 Å². The average molecular weight is 347 g/mol. The van der Waals surface area contributed by atoms with Crippen molar-refractivity contribution in [3.8, 4) is 5.82 Å². The summed E-state index contributed by atoms with van der Waals surface area (Å²) in [6.07, 6.45) is 1.41. The fraction of sp³-hybridized carbons (Fsp3) is 0.143. The van der Waals surface area contributed by atoms with Gasteiger partial charge in [-0.1, -0.05) is 0 Å². The van der Waals surface area contributed by atoms with Crippen LogP contribution in [0, 0.1) is 13.8 Å². The van der Waals surface area contributed by atoms with Gasteiger partial charge in [-0.25, -0.2) is 19.4 Å². The largest absolute Gasteiger partial charge is 0.478 e. The zero-order valence-corrected chi connectivity index (χ0v) is 12.9. The summed E-state index contributed by atoms with van der Waals surface area (Å²) in [5.74, 6) is -0.353. The molecule has 0 unspecified atom stereocenters. The maximum absolute atomic E-state index is 11.0. The summed E-state index contributed by atoms with van der Waals surface area (Å²) in [6.45, 7) is 3.84. The van der Waals surface area contributed by atoms with Gasteiger partial charge in [0.1, 0.15) is 6.33 Å². The lowest BCUT2D eigenvalue weighted by molar-refractivity contribution is 0.0697. The summed E-state index contributed by atoms with van der Waals surface area (Å²) in [5, 5.41) is 14.2. The molecule has 106 valence electrons. The second-order valence-electron chi connectivity index (χ2n) is 4.63. The van der Waals surface area contributed by atoms with E-state index < -0.39 is 5.97 Å². The number of benzene rings is 1. The van der Waals surface area contributed by atoms with Crippen LogP contribution in [-0.2, 0) is 0 Å². The Bertz CT molecular complexity index is 873. The minimum atomic E-state index is -0.981. The molecule has 3 aromatic rings. The molecule has 1 aromatic carbocycles. The fourth-order valence-corrected chi connectivity index (χ4v) is 2.42. The van der Waals surface area contributed by atoms with E-state index in [2.05, 4.69) is 31.0 Å². The van der Waals surface area contributed by atoms with Crippen LogP contribution in [0.2, 0.25) is 0 Å². The molecule has 0 aliphatic heterocycles. The van der Waals surface area contributed by atoms with Crippen molar-refractivity contribution < 1.29 is 9.90 Å². The van der Waals surface area contributed by atoms with Gasteiger partial charge >= 0.3 is 5.97 Å². The molecule has 7 heteroatoms. The third-order valence-corrected chi connectivity index (χ3v) is 4.41. The number of carbonyl (C=O) groups is 1. The quantitative estimate of drug-likeness (QED) is 0.771. The van der Waals surface area contributed by atoms with Crippen LogP contribution in [0.3, 0.4) is 0 Å². The Morgan fingerprint density at radius 1 is 1.29 bits per heavy atom. The van der Waals surface area contributed by atoms with Crippen molar-refractivity contribution in [1.29, 1.82) is 0 Å². The maximum Gasteiger partial charge on any atom is 0.335 e. The first kappa shape index (κ1) is 13.7. The number of hydrogen-bond donors (Lipinski definition) is 1. The van der Waals surface area contributed by atoms with E-state index in [1.165, 1.54) is 18.5 Å². The molecule has 2 aromatic heterocycles. The third kappa shape index (κ3) is 2.19. The molecule has 6 nitrogen and oxygen atoms in total. The van der Waals surface area contributed by atoms with Gasteiger partial charge in [-0.3, -0.25) is 0 Å². The molecular formula is C14H11BrN4O2. The molecule has 0 fully saturated rings. The van der Waals surface area contributed by atoms with Gasteiger partial charge in [-0.05, 0) is 48.0 Å². The number of hydrogen-bond acceptors (Lipinski definition) is 4. The Morgan fingerprint density at radius 3 is 2.67 bits per heavy atom. The molecule has 0 aliphatic rings. The number of halogens is 1. The van der Waals surface area contributed by atoms with Crippen LogP contribution in [0.15, 0.2) is 29.0 Å². The second kappa shape index (κ2) is 4.92. The van der Waals surface area contributed by atoms with Crippen molar-refractivity contribution in [1.82, 2.24) is 19.7 Å². The van der Waals surface area contributed by atoms with Gasteiger partial charge in [0.25, 0.3) is 0 Å². The number of aromatic nitrogens is 4. The number of fused-ring (bicyclic) bond motifs is 1. The molecule has 3 rings (SSSR count). The third-order valence-electron chi connectivity index (χ3n) is 3.27. The van der Waals surface area contributed by atoms with E-state index in [0.29, 0.717) is 11.3 Å². The van der Waals surface area contributed by atoms with Crippen LogP contribution in [0.1, 0.15) is 21.7 Å². The van der Waals surface area contributed by atoms with Crippen LogP contribution in [0.4, 0.5) is 0 Å². The van der Waals surface area contributed by atoms with Crippen LogP contribution in [0.5, 0.6) is 0 Å². The Morgan fingerprint density at radius 2 is 2.05 bits per heavy atom. The van der Waals surface area contributed by atoms with Crippen LogP contribution < -0.4 is 0 Å². The maximum atomic E-state index is 11.0. The smallest absolute Gasteiger partial charge is 0.335 e. The molecule has 2 heterocycles. The number of rotatable bonds is 2. The Balaban J connectivity index is 2.28. The average Bonchev–Trinajstić information content (AvgIpc) is 2.73. The first-order valence-corrected chi connectivity index (χ1v) is 6.98. The number of carboxylic acid groups (broad SMARTS) is 1. The Kier molecular flexibility index (Phi) is 3.21. The lowest BCUT2D eigenvalue weighted by Gasteiger charge is -2.07. The highest BCUT2D eigenvalue weighted by Crippen LogP contribution is 2.25. The van der Waals surface area contributed by atoms with Gasteiger partial charge < -0.3 is 5.11 Å². The summed E-state index contributed by atoms with van der Waals surface area (Å²) in [6, 6.07) is 4.78. The molecule has 0 radical (unpaired) electrons. The van der Waals surface area contributed by atoms with E-state index in [1.54, 1.807) is 10.7 Å². The van der Waals surface area contributed by atoms with E-state index in [0.717, 1.165) is 21.2 Å². The predicted molar refractivity (Wildman–Crippen MR) is 80.8 cm³/mol. The minimum Gasteiger partial charge on any atom is -0.478 e. The standard InChI is InChI=1S/C14H11BrN4O2/c1-7-12(15)8(2)19(18-7)13-10-4-3-9(14(20)21)5-11(10)16-6-17-13/h3-6H,1-2H3,(H,20,21). The lowest BCUT2D eigenvalue weighted by atomic mass is 10.1. The van der Waals surface area contributed by atoms with Crippen molar-refractivity contribution in [2.45, 2.75) is 13.8 Å². The zero-order chi connectivity index (χ0) is 15.1. The molecule has 0 atom stereocenters. The highest BCUT2D eigenvalue weighted by Gasteiger charge is 2.15. The van der Waals surface area contributed by atoms with Crippen LogP contribution in [0.25, 0.3) is 16.7 Å². The van der Waals surface area contributed by atoms with E-state index in [-0.39, 0.29) is 5.56 Å². The summed E-state index contributed by atoms with van der Waals surface area (Å²) >= 11 is 3.49. The van der Waals surface area contributed by atoms with Crippen molar-refractivity contribution in [3.05, 3.63) is 46.0 Å². The van der Waals surface area contributed by atoms with E-state index in [1.807, 2.05) is 13.8 Å². The van der Waals surface area contributed by atoms with Crippen LogP contribution in [-0.4, -0.2) is 30.8 Å². The molecule has 0 spiro atoms. The van der Waals surface area contributed by atoms with E-state index in [9.17, 15) is 4.79 Å². The fourth-order valence-electron chi connectivity index (χ4n) is 2.17. The predicted octanol–water partition coefficient (Wildman–Crippen LogP) is 2.89. The summed E-state index contributed by atoms with van der Waals surface area (Å²) in [5.41, 5.74) is 2.56. The highest BCUT2D eigenvalue weighted by atomic mass is 79.9. The van der Waals surface area contributed by atoms with Gasteiger partial charge in [0.2, 0.25) is 0 Å². The van der Waals surface area contributed by atoms with Crippen molar-refractivity contribution in [2.75, 3.05) is 0 Å². The minimum absolute atomic E-state index is 0.196. The second-order valence-corrected chi connectivity index (χ2v) is 5.42. The molecule has 0 amide bonds. The van der Waals surface area contributed by atoms with E-state index in [4.69, 9.17) is 5.11 Å².